The third kappa shape index (κ3) is 3.08. The van der Waals surface area contributed by atoms with Crippen LogP contribution >= 0.6 is 11.9 Å². The molecular weight excluding hydrogens is 318 g/mol. The van der Waals surface area contributed by atoms with E-state index in [1.165, 1.54) is 24.9 Å². The van der Waals surface area contributed by atoms with Crippen molar-refractivity contribution in [2.24, 2.45) is 0 Å². The second-order valence-electron chi connectivity index (χ2n) is 6.21. The average molecular weight is 339 g/mol. The highest BCUT2D eigenvalue weighted by Gasteiger charge is 2.24. The molecule has 0 aromatic heterocycles. The van der Waals surface area contributed by atoms with Crippen molar-refractivity contribution in [2.45, 2.75) is 24.2 Å². The van der Waals surface area contributed by atoms with Crippen LogP contribution in [0.15, 0.2) is 53.4 Å². The van der Waals surface area contributed by atoms with Gasteiger partial charge in [0.15, 0.2) is 0 Å². The first-order valence-electron chi connectivity index (χ1n) is 8.49. The molecule has 2 aromatic rings. The predicted octanol–water partition coefficient (Wildman–Crippen LogP) is 4.14. The van der Waals surface area contributed by atoms with E-state index >= 15 is 0 Å². The van der Waals surface area contributed by atoms with Gasteiger partial charge in [-0.1, -0.05) is 24.3 Å². The third-order valence-corrected chi connectivity index (χ3v) is 5.60. The first-order valence-corrected chi connectivity index (χ1v) is 9.27. The lowest BCUT2D eigenvalue weighted by Gasteiger charge is -2.33. The number of amides is 1. The van der Waals surface area contributed by atoms with Crippen molar-refractivity contribution < 1.29 is 4.79 Å². The summed E-state index contributed by atoms with van der Waals surface area (Å²) in [5.41, 5.74) is 3.25. The number of carbonyl (C=O) groups is 1. The Hall–Kier alpha value is -2.14. The number of nitrogens with one attached hydrogen (secondary N) is 1. The highest BCUT2D eigenvalue weighted by Crippen LogP contribution is 2.40. The second-order valence-corrected chi connectivity index (χ2v) is 7.27. The van der Waals surface area contributed by atoms with E-state index in [4.69, 9.17) is 0 Å². The van der Waals surface area contributed by atoms with Crippen molar-refractivity contribution in [3.8, 4) is 0 Å². The molecule has 124 valence electrons. The fourth-order valence-electron chi connectivity index (χ4n) is 3.33. The van der Waals surface area contributed by atoms with Crippen LogP contribution in [0.3, 0.4) is 0 Å². The van der Waals surface area contributed by atoms with E-state index < -0.39 is 0 Å². The van der Waals surface area contributed by atoms with Gasteiger partial charge in [-0.05, 0) is 55.5 Å². The summed E-state index contributed by atoms with van der Waals surface area (Å²) in [7, 11) is 0. The first kappa shape index (κ1) is 15.4. The number of hydrogen-bond acceptors (Lipinski definition) is 4. The molecule has 0 radical (unpaired) electrons. The van der Waals surface area contributed by atoms with Gasteiger partial charge in [-0.2, -0.15) is 0 Å². The van der Waals surface area contributed by atoms with Crippen LogP contribution in [0.25, 0.3) is 0 Å². The number of nitrogens with zero attached hydrogens (tertiary/aromatic N) is 2. The zero-order valence-corrected chi connectivity index (χ0v) is 14.4. The molecule has 1 amide bonds. The van der Waals surface area contributed by atoms with Crippen molar-refractivity contribution in [2.75, 3.05) is 34.2 Å². The molecule has 4 nitrogen and oxygen atoms in total. The smallest absolute Gasteiger partial charge is 0.245 e. The van der Waals surface area contributed by atoms with E-state index in [0.29, 0.717) is 6.54 Å². The number of carbonyl (C=O) groups excluding carboxylic acids is 1. The molecule has 1 N–H and O–H groups in total. The number of fused-ring (bicyclic) bond motifs is 1. The largest absolute Gasteiger partial charge is 0.370 e. The maximum Gasteiger partial charge on any atom is 0.245 e. The van der Waals surface area contributed by atoms with Crippen molar-refractivity contribution in [3.63, 3.8) is 0 Å². The molecule has 2 aliphatic heterocycles. The topological polar surface area (TPSA) is 35.6 Å². The van der Waals surface area contributed by atoms with Crippen molar-refractivity contribution in [1.29, 1.82) is 0 Å². The van der Waals surface area contributed by atoms with E-state index in [-0.39, 0.29) is 5.91 Å². The molecule has 2 aliphatic rings. The maximum absolute atomic E-state index is 12.3. The van der Waals surface area contributed by atoms with Gasteiger partial charge in [0.25, 0.3) is 0 Å². The number of hydrogen-bond donors (Lipinski definition) is 1. The van der Waals surface area contributed by atoms with E-state index in [0.717, 1.165) is 29.4 Å². The quantitative estimate of drug-likeness (QED) is 0.834. The molecular formula is C19H21N3OS. The Bertz CT molecular complexity index is 743. The molecule has 1 fully saturated rings. The van der Waals surface area contributed by atoms with Crippen LogP contribution < -0.4 is 14.5 Å². The van der Waals surface area contributed by atoms with Gasteiger partial charge in [0, 0.05) is 13.1 Å². The van der Waals surface area contributed by atoms with Crippen LogP contribution in [-0.2, 0) is 4.79 Å². The van der Waals surface area contributed by atoms with Crippen LogP contribution in [0, 0.1) is 0 Å². The first-order chi connectivity index (χ1) is 11.8. The summed E-state index contributed by atoms with van der Waals surface area (Å²) in [6.45, 7) is 2.54. The summed E-state index contributed by atoms with van der Waals surface area (Å²) in [6.07, 6.45) is 3.79. The normalized spacial score (nSPS) is 17.9. The van der Waals surface area contributed by atoms with E-state index in [1.807, 2.05) is 18.2 Å². The number of benzene rings is 2. The maximum atomic E-state index is 12.3. The SMILES string of the molecule is O=C1CN(c2ccccc2N2CCCCC2)Sc2ccccc2N1. The minimum atomic E-state index is 0.0286. The van der Waals surface area contributed by atoms with Gasteiger partial charge in [-0.3, -0.25) is 4.79 Å². The van der Waals surface area contributed by atoms with Gasteiger partial charge in [0.2, 0.25) is 5.91 Å². The molecule has 0 aliphatic carbocycles. The molecule has 0 spiro atoms. The zero-order valence-electron chi connectivity index (χ0n) is 13.6. The van der Waals surface area contributed by atoms with Crippen LogP contribution in [0.4, 0.5) is 17.1 Å². The lowest BCUT2D eigenvalue weighted by Crippen LogP contribution is -2.32. The summed E-state index contributed by atoms with van der Waals surface area (Å²) in [5, 5.41) is 3.01. The monoisotopic (exact) mass is 339 g/mol. The zero-order chi connectivity index (χ0) is 16.4. The Morgan fingerprint density at radius 3 is 2.42 bits per heavy atom. The second kappa shape index (κ2) is 6.77. The Morgan fingerprint density at radius 2 is 1.58 bits per heavy atom. The van der Waals surface area contributed by atoms with Gasteiger partial charge in [0.05, 0.1) is 22.0 Å². The van der Waals surface area contributed by atoms with Gasteiger partial charge >= 0.3 is 0 Å². The Morgan fingerprint density at radius 1 is 0.875 bits per heavy atom. The molecule has 0 saturated carbocycles. The van der Waals surface area contributed by atoms with Crippen molar-refractivity contribution in [1.82, 2.24) is 0 Å². The summed E-state index contributed by atoms with van der Waals surface area (Å²) in [5.74, 6) is 0.0286. The molecule has 1 saturated heterocycles. The summed E-state index contributed by atoms with van der Waals surface area (Å²) in [4.78, 5) is 15.9. The highest BCUT2D eigenvalue weighted by molar-refractivity contribution is 8.00. The number of piperidine rings is 1. The van der Waals surface area contributed by atoms with Gasteiger partial charge in [0.1, 0.15) is 6.54 Å². The van der Waals surface area contributed by atoms with E-state index in [1.54, 1.807) is 11.9 Å². The lowest BCUT2D eigenvalue weighted by atomic mass is 10.1. The van der Waals surface area contributed by atoms with Crippen LogP contribution in [0.5, 0.6) is 0 Å². The number of anilines is 3. The lowest BCUT2D eigenvalue weighted by molar-refractivity contribution is -0.114. The Kier molecular flexibility index (Phi) is 4.34. The fourth-order valence-corrected chi connectivity index (χ4v) is 4.36. The Balaban J connectivity index is 1.69. The molecule has 4 rings (SSSR count). The van der Waals surface area contributed by atoms with Gasteiger partial charge in [-0.15, -0.1) is 0 Å². The minimum absolute atomic E-state index is 0.0286. The van der Waals surface area contributed by atoms with Crippen LogP contribution in [0.2, 0.25) is 0 Å². The molecule has 2 aromatic carbocycles. The van der Waals surface area contributed by atoms with Crippen molar-refractivity contribution in [3.05, 3.63) is 48.5 Å². The standard InChI is InChI=1S/C19H21N3OS/c23-19-14-22(24-18-11-5-2-8-15(18)20-19)17-10-4-3-9-16(17)21-12-6-1-7-13-21/h2-5,8-11H,1,6-7,12-14H2,(H,20,23). The van der Waals surface area contributed by atoms with Gasteiger partial charge in [-0.25, -0.2) is 0 Å². The molecule has 0 unspecified atom stereocenters. The average Bonchev–Trinajstić information content (AvgIpc) is 2.80. The highest BCUT2D eigenvalue weighted by atomic mass is 32.2. The summed E-state index contributed by atoms with van der Waals surface area (Å²) in [6, 6.07) is 16.4. The number of para-hydroxylation sites is 3. The van der Waals surface area contributed by atoms with Crippen molar-refractivity contribution >= 4 is 34.9 Å². The summed E-state index contributed by atoms with van der Waals surface area (Å²) < 4.78 is 2.12. The minimum Gasteiger partial charge on any atom is -0.370 e. The number of rotatable bonds is 2. The third-order valence-electron chi connectivity index (χ3n) is 4.50. The fraction of sp³-hybridized carbons (Fsp3) is 0.316. The van der Waals surface area contributed by atoms with Crippen LogP contribution in [0.1, 0.15) is 19.3 Å². The van der Waals surface area contributed by atoms with Crippen LogP contribution in [-0.4, -0.2) is 25.5 Å². The Labute approximate surface area is 147 Å². The van der Waals surface area contributed by atoms with E-state index in [9.17, 15) is 4.79 Å². The van der Waals surface area contributed by atoms with E-state index in [2.05, 4.69) is 44.9 Å². The molecule has 0 atom stereocenters. The van der Waals surface area contributed by atoms with Gasteiger partial charge < -0.3 is 14.5 Å². The summed E-state index contributed by atoms with van der Waals surface area (Å²) >= 11 is 1.64. The molecule has 2 heterocycles. The molecule has 5 heteroatoms. The molecule has 0 bridgehead atoms. The molecule has 24 heavy (non-hydrogen) atoms. The predicted molar refractivity (Wildman–Crippen MR) is 101 cm³/mol.